The summed E-state index contributed by atoms with van der Waals surface area (Å²) in [5.41, 5.74) is 8.49. The molecule has 0 spiro atoms. The lowest BCUT2D eigenvalue weighted by atomic mass is 9.95. The molecule has 0 radical (unpaired) electrons. The van der Waals surface area contributed by atoms with Gasteiger partial charge in [-0.3, -0.25) is 0 Å². The normalized spacial score (nSPS) is 21.9. The molecule has 1 heterocycles. The zero-order valence-electron chi connectivity index (χ0n) is 7.09. The molecule has 2 rings (SSSR count). The lowest BCUT2D eigenvalue weighted by Crippen LogP contribution is -2.34. The van der Waals surface area contributed by atoms with Crippen LogP contribution in [0.15, 0.2) is 24.3 Å². The van der Waals surface area contributed by atoms with Gasteiger partial charge in [-0.05, 0) is 24.1 Å². The van der Waals surface area contributed by atoms with Gasteiger partial charge in [0.25, 0.3) is 0 Å². The molecule has 0 bridgehead atoms. The van der Waals surface area contributed by atoms with Gasteiger partial charge in [-0.25, -0.2) is 0 Å². The van der Waals surface area contributed by atoms with Crippen LogP contribution in [0.25, 0.3) is 0 Å². The predicted molar refractivity (Wildman–Crippen MR) is 49.9 cm³/mol. The second-order valence-corrected chi connectivity index (χ2v) is 3.19. The van der Waals surface area contributed by atoms with Crippen LogP contribution < -0.4 is 11.1 Å². The van der Waals surface area contributed by atoms with Crippen molar-refractivity contribution in [2.24, 2.45) is 5.73 Å². The summed E-state index contributed by atoms with van der Waals surface area (Å²) in [6.45, 7) is 1.75. The summed E-state index contributed by atoms with van der Waals surface area (Å²) < 4.78 is 0. The van der Waals surface area contributed by atoms with E-state index in [2.05, 4.69) is 29.6 Å². The molecule has 0 saturated heterocycles. The van der Waals surface area contributed by atoms with Crippen LogP contribution in [0.4, 0.5) is 0 Å². The molecule has 2 nitrogen and oxygen atoms in total. The van der Waals surface area contributed by atoms with Gasteiger partial charge < -0.3 is 11.1 Å². The molecular formula is C10H14N2. The molecule has 1 aromatic rings. The summed E-state index contributed by atoms with van der Waals surface area (Å²) in [6, 6.07) is 8.90. The smallest absolute Gasteiger partial charge is 0.0447 e. The average molecular weight is 162 g/mol. The quantitative estimate of drug-likeness (QED) is 0.642. The number of nitrogens with two attached hydrogens (primary N) is 1. The summed E-state index contributed by atoms with van der Waals surface area (Å²) in [7, 11) is 0. The number of rotatable bonds is 1. The lowest BCUT2D eigenvalue weighted by Gasteiger charge is -2.25. The minimum atomic E-state index is 0.370. The Balaban J connectivity index is 2.37. The summed E-state index contributed by atoms with van der Waals surface area (Å²) in [5.74, 6) is 0. The largest absolute Gasteiger partial charge is 0.329 e. The first-order valence-corrected chi connectivity index (χ1v) is 4.43. The molecule has 0 aromatic heterocycles. The van der Waals surface area contributed by atoms with E-state index in [0.29, 0.717) is 12.6 Å². The van der Waals surface area contributed by atoms with Gasteiger partial charge in [0.1, 0.15) is 0 Å². The molecule has 3 N–H and O–H groups in total. The molecule has 1 aromatic carbocycles. The van der Waals surface area contributed by atoms with Crippen molar-refractivity contribution in [1.29, 1.82) is 0 Å². The molecule has 0 aliphatic carbocycles. The Kier molecular flexibility index (Phi) is 2.11. The Labute approximate surface area is 72.8 Å². The zero-order valence-corrected chi connectivity index (χ0v) is 7.09. The lowest BCUT2D eigenvalue weighted by molar-refractivity contribution is 0.513. The van der Waals surface area contributed by atoms with Crippen molar-refractivity contribution in [3.63, 3.8) is 0 Å². The number of nitrogens with one attached hydrogen (secondary N) is 1. The van der Waals surface area contributed by atoms with Crippen molar-refractivity contribution in [1.82, 2.24) is 5.32 Å². The van der Waals surface area contributed by atoms with Gasteiger partial charge in [0.2, 0.25) is 0 Å². The molecule has 1 atom stereocenters. The zero-order chi connectivity index (χ0) is 8.39. The first-order chi connectivity index (χ1) is 5.92. The Bertz CT molecular complexity index is 270. The second-order valence-electron chi connectivity index (χ2n) is 3.19. The van der Waals surface area contributed by atoms with Crippen molar-refractivity contribution in [2.75, 3.05) is 13.1 Å². The molecule has 1 unspecified atom stereocenters. The van der Waals surface area contributed by atoms with Gasteiger partial charge in [0, 0.05) is 12.6 Å². The van der Waals surface area contributed by atoms with Crippen LogP contribution in [0.1, 0.15) is 17.2 Å². The third-order valence-corrected chi connectivity index (χ3v) is 2.45. The van der Waals surface area contributed by atoms with E-state index in [1.54, 1.807) is 0 Å². The Morgan fingerprint density at radius 3 is 3.08 bits per heavy atom. The van der Waals surface area contributed by atoms with Crippen molar-refractivity contribution in [3.8, 4) is 0 Å². The van der Waals surface area contributed by atoms with Gasteiger partial charge in [-0.2, -0.15) is 0 Å². The fraction of sp³-hybridized carbons (Fsp3) is 0.400. The van der Waals surface area contributed by atoms with E-state index in [9.17, 15) is 0 Å². The predicted octanol–water partition coefficient (Wildman–Crippen LogP) is 0.832. The highest BCUT2D eigenvalue weighted by molar-refractivity contribution is 5.32. The highest BCUT2D eigenvalue weighted by Gasteiger charge is 2.16. The maximum absolute atomic E-state index is 5.66. The Hall–Kier alpha value is -0.860. The Morgan fingerprint density at radius 2 is 2.25 bits per heavy atom. The molecule has 2 heteroatoms. The minimum Gasteiger partial charge on any atom is -0.329 e. The topological polar surface area (TPSA) is 38.0 Å². The van der Waals surface area contributed by atoms with Gasteiger partial charge in [0.15, 0.2) is 0 Å². The summed E-state index contributed by atoms with van der Waals surface area (Å²) >= 11 is 0. The van der Waals surface area contributed by atoms with Crippen molar-refractivity contribution >= 4 is 0 Å². The fourth-order valence-electron chi connectivity index (χ4n) is 1.80. The van der Waals surface area contributed by atoms with Crippen LogP contribution in [0.3, 0.4) is 0 Å². The fourth-order valence-corrected chi connectivity index (χ4v) is 1.80. The van der Waals surface area contributed by atoms with E-state index in [1.807, 2.05) is 0 Å². The van der Waals surface area contributed by atoms with Gasteiger partial charge >= 0.3 is 0 Å². The van der Waals surface area contributed by atoms with Gasteiger partial charge in [-0.1, -0.05) is 24.3 Å². The van der Waals surface area contributed by atoms with Crippen LogP contribution in [0, 0.1) is 0 Å². The van der Waals surface area contributed by atoms with Gasteiger partial charge in [-0.15, -0.1) is 0 Å². The summed E-state index contributed by atoms with van der Waals surface area (Å²) in [6.07, 6.45) is 1.13. The van der Waals surface area contributed by atoms with Crippen molar-refractivity contribution in [3.05, 3.63) is 35.4 Å². The van der Waals surface area contributed by atoms with Gasteiger partial charge in [0.05, 0.1) is 0 Å². The first-order valence-electron chi connectivity index (χ1n) is 4.43. The second kappa shape index (κ2) is 3.25. The molecule has 1 aliphatic rings. The van der Waals surface area contributed by atoms with E-state index in [1.165, 1.54) is 11.1 Å². The summed E-state index contributed by atoms with van der Waals surface area (Å²) in [5, 5.41) is 3.40. The molecule has 0 saturated carbocycles. The van der Waals surface area contributed by atoms with Crippen LogP contribution in [0.5, 0.6) is 0 Å². The number of hydrogen-bond acceptors (Lipinski definition) is 2. The first kappa shape index (κ1) is 7.77. The van der Waals surface area contributed by atoms with Crippen molar-refractivity contribution in [2.45, 2.75) is 12.5 Å². The molecule has 0 fully saturated rings. The van der Waals surface area contributed by atoms with Crippen molar-refractivity contribution < 1.29 is 0 Å². The van der Waals surface area contributed by atoms with Crippen LogP contribution in [0.2, 0.25) is 0 Å². The molecular weight excluding hydrogens is 148 g/mol. The van der Waals surface area contributed by atoms with E-state index < -0.39 is 0 Å². The van der Waals surface area contributed by atoms with E-state index in [4.69, 9.17) is 5.73 Å². The summed E-state index contributed by atoms with van der Waals surface area (Å²) in [4.78, 5) is 0. The minimum absolute atomic E-state index is 0.370. The van der Waals surface area contributed by atoms with E-state index in [0.717, 1.165) is 13.0 Å². The van der Waals surface area contributed by atoms with E-state index in [-0.39, 0.29) is 0 Å². The maximum Gasteiger partial charge on any atom is 0.0447 e. The number of fused-ring (bicyclic) bond motifs is 1. The van der Waals surface area contributed by atoms with E-state index >= 15 is 0 Å². The SMILES string of the molecule is NCC1NCCc2ccccc21. The third kappa shape index (κ3) is 1.24. The molecule has 1 aliphatic heterocycles. The third-order valence-electron chi connectivity index (χ3n) is 2.45. The monoisotopic (exact) mass is 162 g/mol. The highest BCUT2D eigenvalue weighted by Crippen LogP contribution is 2.20. The molecule has 64 valence electrons. The van der Waals surface area contributed by atoms with Crippen LogP contribution >= 0.6 is 0 Å². The maximum atomic E-state index is 5.66. The average Bonchev–Trinajstić information content (AvgIpc) is 2.17. The number of benzene rings is 1. The highest BCUT2D eigenvalue weighted by atomic mass is 14.9. The molecule has 12 heavy (non-hydrogen) atoms. The Morgan fingerprint density at radius 1 is 1.42 bits per heavy atom. The number of hydrogen-bond donors (Lipinski definition) is 2. The van der Waals surface area contributed by atoms with Crippen LogP contribution in [-0.4, -0.2) is 13.1 Å². The standard InChI is InChI=1S/C10H14N2/c11-7-10-9-4-2-1-3-8(9)5-6-12-10/h1-4,10,12H,5-7,11H2. The van der Waals surface area contributed by atoms with Crippen LogP contribution in [-0.2, 0) is 6.42 Å². The molecule has 0 amide bonds.